The minimum Gasteiger partial charge on any atom is -0.506 e. The van der Waals surface area contributed by atoms with E-state index in [0.717, 1.165) is 22.5 Å². The number of benzene rings is 3. The number of anilines is 7. The predicted molar refractivity (Wildman–Crippen MR) is 110 cm³/mol. The third-order valence-electron chi connectivity index (χ3n) is 4.21. The number of aryl methyl sites for hydroxylation is 2. The smallest absolute Gasteiger partial charge is 0.141 e. The summed E-state index contributed by atoms with van der Waals surface area (Å²) in [5.41, 5.74) is 24.5. The lowest BCUT2D eigenvalue weighted by Crippen LogP contribution is -2.01. The van der Waals surface area contributed by atoms with E-state index in [4.69, 9.17) is 17.2 Å². The van der Waals surface area contributed by atoms with E-state index in [1.807, 2.05) is 44.2 Å². The van der Waals surface area contributed by atoms with Crippen LogP contribution in [-0.2, 0) is 0 Å². The Morgan fingerprint density at radius 3 is 1.65 bits per heavy atom. The van der Waals surface area contributed by atoms with Crippen LogP contribution in [0.2, 0.25) is 0 Å². The van der Waals surface area contributed by atoms with Crippen LogP contribution < -0.4 is 27.8 Å². The molecular weight excluding hydrogens is 326 g/mol. The van der Waals surface area contributed by atoms with E-state index < -0.39 is 0 Å². The third kappa shape index (κ3) is 3.59. The van der Waals surface area contributed by atoms with Crippen molar-refractivity contribution in [1.29, 1.82) is 0 Å². The normalized spacial score (nSPS) is 10.5. The minimum atomic E-state index is 0.0679. The topological polar surface area (TPSA) is 122 Å². The molecule has 0 radical (unpaired) electrons. The predicted octanol–water partition coefficient (Wildman–Crippen LogP) is 4.24. The summed E-state index contributed by atoms with van der Waals surface area (Å²) in [4.78, 5) is 0. The summed E-state index contributed by atoms with van der Waals surface area (Å²) in [7, 11) is 0. The van der Waals surface area contributed by atoms with Gasteiger partial charge in [-0.15, -0.1) is 0 Å². The highest BCUT2D eigenvalue weighted by molar-refractivity contribution is 5.83. The van der Waals surface area contributed by atoms with Crippen molar-refractivity contribution in [2.24, 2.45) is 0 Å². The fourth-order valence-electron chi connectivity index (χ4n) is 2.76. The standard InChI is InChI=1S/C20H23N5O/c1-11-7-13(21)3-5-16(11)24-18-10-19(20(26)9-15(18)23)25-17-6-4-14(22)8-12(17)2/h3-10,24-26H,21-23H2,1-2H3. The first-order valence-electron chi connectivity index (χ1n) is 8.22. The second kappa shape index (κ2) is 6.76. The second-order valence-electron chi connectivity index (χ2n) is 6.36. The molecule has 6 nitrogen and oxygen atoms in total. The van der Waals surface area contributed by atoms with E-state index in [-0.39, 0.29) is 5.75 Å². The number of rotatable bonds is 4. The molecule has 0 spiro atoms. The Morgan fingerprint density at radius 1 is 0.654 bits per heavy atom. The van der Waals surface area contributed by atoms with E-state index in [1.165, 1.54) is 6.07 Å². The number of hydrogen-bond donors (Lipinski definition) is 6. The Kier molecular flexibility index (Phi) is 4.49. The van der Waals surface area contributed by atoms with Gasteiger partial charge in [0.25, 0.3) is 0 Å². The van der Waals surface area contributed by atoms with Crippen molar-refractivity contribution in [3.8, 4) is 5.75 Å². The van der Waals surface area contributed by atoms with Gasteiger partial charge >= 0.3 is 0 Å². The van der Waals surface area contributed by atoms with Crippen LogP contribution in [0.3, 0.4) is 0 Å². The molecule has 9 N–H and O–H groups in total. The summed E-state index contributed by atoms with van der Waals surface area (Å²) < 4.78 is 0. The van der Waals surface area contributed by atoms with E-state index in [1.54, 1.807) is 12.1 Å². The molecule has 0 aromatic heterocycles. The van der Waals surface area contributed by atoms with Gasteiger partial charge in [-0.2, -0.15) is 0 Å². The Bertz CT molecular complexity index is 894. The van der Waals surface area contributed by atoms with Crippen LogP contribution in [0, 0.1) is 13.8 Å². The summed E-state index contributed by atoms with van der Waals surface area (Å²) in [5, 5.41) is 16.8. The zero-order chi connectivity index (χ0) is 18.8. The molecule has 0 heterocycles. The van der Waals surface area contributed by atoms with Crippen molar-refractivity contribution in [3.63, 3.8) is 0 Å². The highest BCUT2D eigenvalue weighted by atomic mass is 16.3. The first-order valence-corrected chi connectivity index (χ1v) is 8.22. The third-order valence-corrected chi connectivity index (χ3v) is 4.21. The van der Waals surface area contributed by atoms with E-state index in [2.05, 4.69) is 10.6 Å². The maximum Gasteiger partial charge on any atom is 0.141 e. The number of nitrogens with two attached hydrogens (primary N) is 3. The maximum absolute atomic E-state index is 10.3. The van der Waals surface area contributed by atoms with Gasteiger partial charge in [0.1, 0.15) is 5.75 Å². The lowest BCUT2D eigenvalue weighted by Gasteiger charge is -2.17. The van der Waals surface area contributed by atoms with Gasteiger partial charge in [-0.05, 0) is 67.4 Å². The SMILES string of the molecule is Cc1cc(N)ccc1Nc1cc(Nc2ccc(N)cc2C)c(O)cc1N. The molecule has 0 aliphatic heterocycles. The van der Waals surface area contributed by atoms with Gasteiger partial charge < -0.3 is 32.9 Å². The summed E-state index contributed by atoms with van der Waals surface area (Å²) >= 11 is 0. The van der Waals surface area contributed by atoms with Crippen molar-refractivity contribution in [1.82, 2.24) is 0 Å². The van der Waals surface area contributed by atoms with Crippen LogP contribution in [0.25, 0.3) is 0 Å². The molecule has 0 saturated carbocycles. The quantitative estimate of drug-likeness (QED) is 0.238. The fraction of sp³-hybridized carbons (Fsp3) is 0.100. The zero-order valence-corrected chi connectivity index (χ0v) is 14.8. The zero-order valence-electron chi connectivity index (χ0n) is 14.8. The molecule has 0 unspecified atom stereocenters. The Morgan fingerprint density at radius 2 is 1.15 bits per heavy atom. The number of nitrogen functional groups attached to an aromatic ring is 3. The van der Waals surface area contributed by atoms with Crippen molar-refractivity contribution in [3.05, 3.63) is 59.7 Å². The molecule has 0 atom stereocenters. The van der Waals surface area contributed by atoms with E-state index >= 15 is 0 Å². The molecule has 0 aliphatic rings. The summed E-state index contributed by atoms with van der Waals surface area (Å²) in [6.07, 6.45) is 0. The van der Waals surface area contributed by atoms with Gasteiger partial charge in [-0.3, -0.25) is 0 Å². The Balaban J connectivity index is 1.94. The molecule has 0 aliphatic carbocycles. The first-order chi connectivity index (χ1) is 12.3. The van der Waals surface area contributed by atoms with Crippen molar-refractivity contribution in [2.75, 3.05) is 27.8 Å². The summed E-state index contributed by atoms with van der Waals surface area (Å²) in [6, 6.07) is 14.4. The highest BCUT2D eigenvalue weighted by Crippen LogP contribution is 2.37. The highest BCUT2D eigenvalue weighted by Gasteiger charge is 2.10. The molecule has 0 bridgehead atoms. The van der Waals surface area contributed by atoms with Gasteiger partial charge in [0.15, 0.2) is 0 Å². The summed E-state index contributed by atoms with van der Waals surface area (Å²) in [5.74, 6) is 0.0679. The number of aromatic hydroxyl groups is 1. The van der Waals surface area contributed by atoms with Crippen molar-refractivity contribution in [2.45, 2.75) is 13.8 Å². The molecular formula is C20H23N5O. The first kappa shape index (κ1) is 17.3. The fourth-order valence-corrected chi connectivity index (χ4v) is 2.76. The molecule has 6 heteroatoms. The molecule has 3 aromatic rings. The average Bonchev–Trinajstić information content (AvgIpc) is 2.56. The van der Waals surface area contributed by atoms with Crippen LogP contribution in [0.4, 0.5) is 39.8 Å². The minimum absolute atomic E-state index is 0.0679. The molecule has 26 heavy (non-hydrogen) atoms. The number of phenolic OH excluding ortho intramolecular Hbond substituents is 1. The Labute approximate surface area is 152 Å². The number of phenols is 1. The van der Waals surface area contributed by atoms with Crippen LogP contribution in [0.15, 0.2) is 48.5 Å². The van der Waals surface area contributed by atoms with Crippen LogP contribution in [-0.4, -0.2) is 5.11 Å². The molecule has 3 rings (SSSR count). The van der Waals surface area contributed by atoms with Gasteiger partial charge in [0, 0.05) is 28.8 Å². The largest absolute Gasteiger partial charge is 0.506 e. The lowest BCUT2D eigenvalue weighted by molar-refractivity contribution is 0.478. The monoisotopic (exact) mass is 349 g/mol. The van der Waals surface area contributed by atoms with Crippen molar-refractivity contribution >= 4 is 39.8 Å². The van der Waals surface area contributed by atoms with Crippen molar-refractivity contribution < 1.29 is 5.11 Å². The molecule has 0 saturated heterocycles. The summed E-state index contributed by atoms with van der Waals surface area (Å²) in [6.45, 7) is 3.91. The van der Waals surface area contributed by atoms with Crippen LogP contribution in [0.5, 0.6) is 5.75 Å². The maximum atomic E-state index is 10.3. The molecule has 134 valence electrons. The van der Waals surface area contributed by atoms with Gasteiger partial charge in [0.2, 0.25) is 0 Å². The van der Waals surface area contributed by atoms with Gasteiger partial charge in [-0.1, -0.05) is 0 Å². The van der Waals surface area contributed by atoms with Crippen LogP contribution in [0.1, 0.15) is 11.1 Å². The average molecular weight is 349 g/mol. The number of nitrogens with one attached hydrogen (secondary N) is 2. The molecule has 0 amide bonds. The molecule has 0 fully saturated rings. The van der Waals surface area contributed by atoms with Crippen LogP contribution >= 0.6 is 0 Å². The van der Waals surface area contributed by atoms with Gasteiger partial charge in [-0.25, -0.2) is 0 Å². The Hall–Kier alpha value is -3.54. The second-order valence-corrected chi connectivity index (χ2v) is 6.36. The lowest BCUT2D eigenvalue weighted by atomic mass is 10.1. The van der Waals surface area contributed by atoms with E-state index in [9.17, 15) is 5.11 Å². The number of hydrogen-bond acceptors (Lipinski definition) is 6. The molecule has 3 aromatic carbocycles. The van der Waals surface area contributed by atoms with E-state index in [0.29, 0.717) is 28.4 Å². The van der Waals surface area contributed by atoms with Gasteiger partial charge in [0.05, 0.1) is 17.1 Å².